The van der Waals surface area contributed by atoms with Crippen LogP contribution in [0.3, 0.4) is 0 Å². The average Bonchev–Trinajstić information content (AvgIpc) is 2.79. The molecule has 1 aromatic carbocycles. The molecule has 0 unspecified atom stereocenters. The molecule has 0 saturated carbocycles. The molecule has 0 saturated heterocycles. The summed E-state index contributed by atoms with van der Waals surface area (Å²) >= 11 is 0. The van der Waals surface area contributed by atoms with Crippen molar-refractivity contribution >= 4 is 0 Å². The molecule has 1 heteroatoms. The van der Waals surface area contributed by atoms with Crippen molar-refractivity contribution in [1.82, 2.24) is 0 Å². The molecule has 0 bridgehead atoms. The topological polar surface area (TPSA) is 13.1 Å². The van der Waals surface area contributed by atoms with Crippen molar-refractivity contribution in [2.24, 2.45) is 0 Å². The lowest BCUT2D eigenvalue weighted by atomic mass is 10.2. The van der Waals surface area contributed by atoms with Crippen LogP contribution in [0.4, 0.5) is 0 Å². The van der Waals surface area contributed by atoms with Gasteiger partial charge in [-0.15, -0.1) is 0 Å². The fourth-order valence-electron chi connectivity index (χ4n) is 1.07. The van der Waals surface area contributed by atoms with E-state index < -0.39 is 0 Å². The molecule has 70 valence electrons. The van der Waals surface area contributed by atoms with E-state index in [9.17, 15) is 0 Å². The summed E-state index contributed by atoms with van der Waals surface area (Å²) in [6.45, 7) is 0. The second kappa shape index (κ2) is 4.74. The van der Waals surface area contributed by atoms with E-state index in [1.807, 2.05) is 30.3 Å². The summed E-state index contributed by atoms with van der Waals surface area (Å²) in [5.41, 5.74) is 0.964. The Morgan fingerprint density at radius 2 is 1.60 bits per heavy atom. The number of rotatable bonds is 0. The third-order valence-electron chi connectivity index (χ3n) is 1.75. The van der Waals surface area contributed by atoms with E-state index in [1.54, 1.807) is 18.4 Å². The minimum absolute atomic E-state index is 0.636. The van der Waals surface area contributed by atoms with Gasteiger partial charge in [-0.25, -0.2) is 0 Å². The van der Waals surface area contributed by atoms with Crippen LogP contribution in [-0.2, 0) is 0 Å². The molecule has 0 amide bonds. The number of hydrogen-bond donors (Lipinski definition) is 0. The molecule has 0 aliphatic heterocycles. The van der Waals surface area contributed by atoms with Gasteiger partial charge in [-0.05, 0) is 42.0 Å². The van der Waals surface area contributed by atoms with E-state index in [2.05, 4.69) is 23.7 Å². The van der Waals surface area contributed by atoms with Crippen molar-refractivity contribution in [1.29, 1.82) is 0 Å². The molecule has 2 rings (SSSR count). The molecule has 2 aromatic rings. The lowest BCUT2D eigenvalue weighted by Gasteiger charge is -1.83. The van der Waals surface area contributed by atoms with Crippen molar-refractivity contribution in [2.45, 2.75) is 0 Å². The molecule has 0 aliphatic rings. The molecule has 1 aromatic heterocycles. The van der Waals surface area contributed by atoms with Crippen LogP contribution in [0.15, 0.2) is 53.1 Å². The second-order valence-electron chi connectivity index (χ2n) is 2.84. The first-order valence-electron chi connectivity index (χ1n) is 4.56. The Morgan fingerprint density at radius 3 is 2.33 bits per heavy atom. The summed E-state index contributed by atoms with van der Waals surface area (Å²) in [6, 6.07) is 13.3. The molecule has 0 N–H and O–H groups in total. The van der Waals surface area contributed by atoms with E-state index in [-0.39, 0.29) is 0 Å². The molecule has 0 fully saturated rings. The lowest BCUT2D eigenvalue weighted by Crippen LogP contribution is -1.69. The second-order valence-corrected chi connectivity index (χ2v) is 2.84. The molecule has 1 heterocycles. The fraction of sp³-hybridized carbons (Fsp3) is 0. The van der Waals surface area contributed by atoms with Gasteiger partial charge in [-0.3, -0.25) is 0 Å². The first kappa shape index (κ1) is 9.19. The first-order chi connectivity index (χ1) is 7.45. The van der Waals surface area contributed by atoms with Gasteiger partial charge in [0.15, 0.2) is 5.76 Å². The minimum atomic E-state index is 0.636. The number of benzene rings is 1. The Balaban J connectivity index is 2.08. The zero-order valence-electron chi connectivity index (χ0n) is 8.03. The maximum absolute atomic E-state index is 5.04. The number of hydrogen-bond acceptors (Lipinski definition) is 1. The summed E-state index contributed by atoms with van der Waals surface area (Å²) in [5, 5.41) is 0. The fourth-order valence-corrected chi connectivity index (χ4v) is 1.07. The minimum Gasteiger partial charge on any atom is -0.456 e. The van der Waals surface area contributed by atoms with Crippen molar-refractivity contribution in [2.75, 3.05) is 0 Å². The quantitative estimate of drug-likeness (QED) is 0.585. The molecule has 1 nitrogen and oxygen atoms in total. The standard InChI is InChI=1S/C14H8O/c1-2-7-13(8-3-1)9-4-5-10-14-11-6-12-15-14/h1-3,6-8,11-12H. The van der Waals surface area contributed by atoms with Gasteiger partial charge in [0.1, 0.15) is 0 Å². The third-order valence-corrected chi connectivity index (χ3v) is 1.75. The molecule has 0 spiro atoms. The molecule has 0 aliphatic carbocycles. The van der Waals surface area contributed by atoms with E-state index in [1.165, 1.54) is 0 Å². The maximum atomic E-state index is 5.04. The summed E-state index contributed by atoms with van der Waals surface area (Å²) in [5.74, 6) is 11.9. The van der Waals surface area contributed by atoms with E-state index in [0.29, 0.717) is 5.76 Å². The van der Waals surface area contributed by atoms with Gasteiger partial charge in [0.05, 0.1) is 6.26 Å². The van der Waals surface area contributed by atoms with Gasteiger partial charge in [0.25, 0.3) is 0 Å². The highest BCUT2D eigenvalue weighted by atomic mass is 16.3. The highest BCUT2D eigenvalue weighted by Gasteiger charge is 1.83. The van der Waals surface area contributed by atoms with Crippen LogP contribution in [0.25, 0.3) is 0 Å². The van der Waals surface area contributed by atoms with Crippen LogP contribution in [0.1, 0.15) is 11.3 Å². The van der Waals surface area contributed by atoms with E-state index in [4.69, 9.17) is 4.42 Å². The third kappa shape index (κ3) is 2.79. The van der Waals surface area contributed by atoms with E-state index >= 15 is 0 Å². The van der Waals surface area contributed by atoms with Crippen LogP contribution in [0.2, 0.25) is 0 Å². The molecule has 15 heavy (non-hydrogen) atoms. The molecule has 0 radical (unpaired) electrons. The summed E-state index contributed by atoms with van der Waals surface area (Å²) < 4.78 is 5.04. The van der Waals surface area contributed by atoms with Gasteiger partial charge in [0, 0.05) is 5.56 Å². The predicted octanol–water partition coefficient (Wildman–Crippen LogP) is 2.68. The van der Waals surface area contributed by atoms with Gasteiger partial charge in [-0.2, -0.15) is 0 Å². The Morgan fingerprint density at radius 1 is 0.800 bits per heavy atom. The van der Waals surface area contributed by atoms with Crippen molar-refractivity contribution in [3.05, 3.63) is 60.1 Å². The van der Waals surface area contributed by atoms with Crippen LogP contribution < -0.4 is 0 Å². The summed E-state index contributed by atoms with van der Waals surface area (Å²) in [7, 11) is 0. The Labute approximate surface area is 88.7 Å². The first-order valence-corrected chi connectivity index (χ1v) is 4.56. The van der Waals surface area contributed by atoms with Crippen LogP contribution in [0, 0.1) is 23.7 Å². The monoisotopic (exact) mass is 192 g/mol. The zero-order chi connectivity index (χ0) is 10.3. The predicted molar refractivity (Wildman–Crippen MR) is 58.9 cm³/mol. The Hall–Kier alpha value is -2.38. The van der Waals surface area contributed by atoms with Gasteiger partial charge in [-0.1, -0.05) is 24.1 Å². The largest absolute Gasteiger partial charge is 0.456 e. The summed E-state index contributed by atoms with van der Waals surface area (Å²) in [6.07, 6.45) is 1.59. The van der Waals surface area contributed by atoms with Crippen molar-refractivity contribution in [3.8, 4) is 23.7 Å². The van der Waals surface area contributed by atoms with Crippen LogP contribution in [-0.4, -0.2) is 0 Å². The SMILES string of the molecule is C(C#Cc1ccco1)#Cc1ccccc1. The van der Waals surface area contributed by atoms with E-state index in [0.717, 1.165) is 5.56 Å². The van der Waals surface area contributed by atoms with Gasteiger partial charge in [0.2, 0.25) is 0 Å². The van der Waals surface area contributed by atoms with Crippen molar-refractivity contribution in [3.63, 3.8) is 0 Å². The lowest BCUT2D eigenvalue weighted by molar-refractivity contribution is 0.554. The highest BCUT2D eigenvalue weighted by Crippen LogP contribution is 1.96. The Kier molecular flexibility index (Phi) is 2.91. The zero-order valence-corrected chi connectivity index (χ0v) is 8.03. The van der Waals surface area contributed by atoms with Crippen LogP contribution >= 0.6 is 0 Å². The normalized spacial score (nSPS) is 8.27. The molecule has 0 atom stereocenters. The smallest absolute Gasteiger partial charge is 0.177 e. The van der Waals surface area contributed by atoms with Crippen LogP contribution in [0.5, 0.6) is 0 Å². The highest BCUT2D eigenvalue weighted by molar-refractivity contribution is 5.41. The van der Waals surface area contributed by atoms with Gasteiger partial charge < -0.3 is 4.42 Å². The summed E-state index contributed by atoms with van der Waals surface area (Å²) in [4.78, 5) is 0. The average molecular weight is 192 g/mol. The van der Waals surface area contributed by atoms with Crippen molar-refractivity contribution < 1.29 is 4.42 Å². The van der Waals surface area contributed by atoms with Gasteiger partial charge >= 0.3 is 0 Å². The molecular weight excluding hydrogens is 184 g/mol. The Bertz CT molecular complexity index is 528. The molecular formula is C14H8O. The maximum Gasteiger partial charge on any atom is 0.177 e. The number of furan rings is 1.